The second kappa shape index (κ2) is 4.89. The van der Waals surface area contributed by atoms with Crippen molar-refractivity contribution in [2.75, 3.05) is 5.32 Å². The van der Waals surface area contributed by atoms with Gasteiger partial charge in [-0.25, -0.2) is 4.68 Å². The molecule has 104 valence electrons. The average molecular weight is 343 g/mol. The minimum absolute atomic E-state index is 0.0996. The number of anilines is 1. The molecular formula is C15H11BrN4O. The van der Waals surface area contributed by atoms with Crippen molar-refractivity contribution in [1.29, 1.82) is 0 Å². The quantitative estimate of drug-likeness (QED) is 0.771. The number of benzene rings is 1. The molecule has 1 atom stereocenters. The molecule has 4 rings (SSSR count). The maximum atomic E-state index is 5.53. The maximum absolute atomic E-state index is 5.53. The van der Waals surface area contributed by atoms with Gasteiger partial charge in [0.15, 0.2) is 0 Å². The Morgan fingerprint density at radius 3 is 2.81 bits per heavy atom. The van der Waals surface area contributed by atoms with Crippen LogP contribution in [0.25, 0.3) is 5.70 Å². The van der Waals surface area contributed by atoms with Crippen LogP contribution < -0.4 is 5.32 Å². The SMILES string of the molecule is Brc1ccc(C2=C[C@H](c3ccco3)n3ncnc3N2)cc1. The van der Waals surface area contributed by atoms with Crippen molar-refractivity contribution in [1.82, 2.24) is 14.8 Å². The van der Waals surface area contributed by atoms with Crippen LogP contribution in [-0.2, 0) is 0 Å². The summed E-state index contributed by atoms with van der Waals surface area (Å²) >= 11 is 3.45. The molecule has 21 heavy (non-hydrogen) atoms. The third kappa shape index (κ3) is 2.17. The van der Waals surface area contributed by atoms with E-state index in [2.05, 4.69) is 37.4 Å². The molecule has 3 heterocycles. The van der Waals surface area contributed by atoms with E-state index in [-0.39, 0.29) is 6.04 Å². The highest BCUT2D eigenvalue weighted by molar-refractivity contribution is 9.10. The topological polar surface area (TPSA) is 55.9 Å². The van der Waals surface area contributed by atoms with Crippen LogP contribution in [-0.4, -0.2) is 14.8 Å². The summed E-state index contributed by atoms with van der Waals surface area (Å²) in [5, 5.41) is 7.57. The van der Waals surface area contributed by atoms with Gasteiger partial charge < -0.3 is 9.73 Å². The standard InChI is InChI=1S/C15H11BrN4O/c16-11-5-3-10(4-6-11)12-8-13(14-2-1-7-21-14)20-15(19-12)17-9-18-20/h1-9,13H,(H,17,18,19)/t13-/m1/s1. The molecular weight excluding hydrogens is 332 g/mol. The average Bonchev–Trinajstić information content (AvgIpc) is 3.18. The zero-order chi connectivity index (χ0) is 14.2. The smallest absolute Gasteiger partial charge is 0.226 e. The summed E-state index contributed by atoms with van der Waals surface area (Å²) in [6, 6.07) is 11.8. The van der Waals surface area contributed by atoms with E-state index in [1.807, 2.05) is 36.4 Å². The summed E-state index contributed by atoms with van der Waals surface area (Å²) in [4.78, 5) is 4.26. The summed E-state index contributed by atoms with van der Waals surface area (Å²) in [6.07, 6.45) is 5.29. The minimum atomic E-state index is -0.0996. The van der Waals surface area contributed by atoms with Crippen LogP contribution in [0.2, 0.25) is 0 Å². The summed E-state index contributed by atoms with van der Waals surface area (Å²) in [7, 11) is 0. The first-order chi connectivity index (χ1) is 10.3. The fraction of sp³-hybridized carbons (Fsp3) is 0.0667. The summed E-state index contributed by atoms with van der Waals surface area (Å²) in [5.74, 6) is 1.54. The number of hydrogen-bond donors (Lipinski definition) is 1. The van der Waals surface area contributed by atoms with Crippen molar-refractivity contribution in [2.24, 2.45) is 0 Å². The van der Waals surface area contributed by atoms with Crippen molar-refractivity contribution >= 4 is 27.6 Å². The second-order valence-corrected chi connectivity index (χ2v) is 5.62. The number of halogens is 1. The Kier molecular flexibility index (Phi) is 2.89. The van der Waals surface area contributed by atoms with Crippen molar-refractivity contribution in [3.63, 3.8) is 0 Å². The van der Waals surface area contributed by atoms with Crippen LogP contribution >= 0.6 is 15.9 Å². The van der Waals surface area contributed by atoms with Gasteiger partial charge in [-0.2, -0.15) is 10.1 Å². The molecule has 3 aromatic rings. The Morgan fingerprint density at radius 1 is 1.19 bits per heavy atom. The lowest BCUT2D eigenvalue weighted by Gasteiger charge is -2.22. The number of rotatable bonds is 2. The van der Waals surface area contributed by atoms with Gasteiger partial charge in [-0.05, 0) is 35.9 Å². The third-order valence-electron chi connectivity index (χ3n) is 3.40. The number of nitrogens with one attached hydrogen (secondary N) is 1. The summed E-state index contributed by atoms with van der Waals surface area (Å²) < 4.78 is 8.39. The van der Waals surface area contributed by atoms with Crippen LogP contribution in [0.15, 0.2) is 64.0 Å². The Bertz CT molecular complexity index is 789. The van der Waals surface area contributed by atoms with Crippen LogP contribution in [0.3, 0.4) is 0 Å². The van der Waals surface area contributed by atoms with E-state index in [9.17, 15) is 0 Å². The van der Waals surface area contributed by atoms with E-state index < -0.39 is 0 Å². The van der Waals surface area contributed by atoms with Crippen LogP contribution in [0.5, 0.6) is 0 Å². The molecule has 2 aromatic heterocycles. The van der Waals surface area contributed by atoms with Gasteiger partial charge in [0.25, 0.3) is 0 Å². The van der Waals surface area contributed by atoms with Crippen LogP contribution in [0, 0.1) is 0 Å². The first-order valence-electron chi connectivity index (χ1n) is 6.49. The fourth-order valence-electron chi connectivity index (χ4n) is 2.39. The van der Waals surface area contributed by atoms with Gasteiger partial charge in [0.2, 0.25) is 5.95 Å². The van der Waals surface area contributed by atoms with E-state index >= 15 is 0 Å². The first kappa shape index (κ1) is 12.4. The second-order valence-electron chi connectivity index (χ2n) is 4.70. The van der Waals surface area contributed by atoms with E-state index in [0.717, 1.165) is 21.5 Å². The number of aromatic nitrogens is 3. The first-order valence-corrected chi connectivity index (χ1v) is 7.28. The number of hydrogen-bond acceptors (Lipinski definition) is 4. The highest BCUT2D eigenvalue weighted by atomic mass is 79.9. The molecule has 0 amide bonds. The normalized spacial score (nSPS) is 17.0. The fourth-order valence-corrected chi connectivity index (χ4v) is 2.66. The molecule has 1 N–H and O–H groups in total. The van der Waals surface area contributed by atoms with E-state index in [0.29, 0.717) is 5.95 Å². The van der Waals surface area contributed by atoms with Crippen molar-refractivity contribution in [3.05, 3.63) is 70.9 Å². The maximum Gasteiger partial charge on any atom is 0.226 e. The molecule has 0 bridgehead atoms. The van der Waals surface area contributed by atoms with E-state index in [4.69, 9.17) is 4.42 Å². The zero-order valence-electron chi connectivity index (χ0n) is 10.9. The van der Waals surface area contributed by atoms with E-state index in [1.165, 1.54) is 6.33 Å². The summed E-state index contributed by atoms with van der Waals surface area (Å²) in [5.41, 5.74) is 2.08. The van der Waals surface area contributed by atoms with Gasteiger partial charge in [0.1, 0.15) is 18.1 Å². The molecule has 5 nitrogen and oxygen atoms in total. The molecule has 0 fully saturated rings. The molecule has 1 aliphatic heterocycles. The number of nitrogens with zero attached hydrogens (tertiary/aromatic N) is 3. The lowest BCUT2D eigenvalue weighted by atomic mass is 10.1. The molecule has 0 aliphatic carbocycles. The lowest BCUT2D eigenvalue weighted by Crippen LogP contribution is -2.19. The molecule has 1 aromatic carbocycles. The zero-order valence-corrected chi connectivity index (χ0v) is 12.5. The predicted molar refractivity (Wildman–Crippen MR) is 82.6 cm³/mol. The highest BCUT2D eigenvalue weighted by Gasteiger charge is 2.24. The number of furan rings is 1. The van der Waals surface area contributed by atoms with Gasteiger partial charge in [0.05, 0.1) is 6.26 Å². The van der Waals surface area contributed by atoms with Gasteiger partial charge in [0, 0.05) is 10.2 Å². The van der Waals surface area contributed by atoms with Gasteiger partial charge in [-0.1, -0.05) is 28.1 Å². The highest BCUT2D eigenvalue weighted by Crippen LogP contribution is 2.32. The monoisotopic (exact) mass is 342 g/mol. The molecule has 0 saturated heterocycles. The molecule has 0 radical (unpaired) electrons. The van der Waals surface area contributed by atoms with Gasteiger partial charge in [-0.15, -0.1) is 0 Å². The summed E-state index contributed by atoms with van der Waals surface area (Å²) in [6.45, 7) is 0. The molecule has 6 heteroatoms. The molecule has 0 spiro atoms. The van der Waals surface area contributed by atoms with Crippen molar-refractivity contribution in [3.8, 4) is 0 Å². The third-order valence-corrected chi connectivity index (χ3v) is 3.93. The Hall–Kier alpha value is -2.34. The van der Waals surface area contributed by atoms with Gasteiger partial charge in [-0.3, -0.25) is 0 Å². The van der Waals surface area contributed by atoms with Gasteiger partial charge >= 0.3 is 0 Å². The van der Waals surface area contributed by atoms with Crippen LogP contribution in [0.4, 0.5) is 5.95 Å². The largest absolute Gasteiger partial charge is 0.467 e. The molecule has 0 saturated carbocycles. The lowest BCUT2D eigenvalue weighted by molar-refractivity contribution is 0.448. The number of fused-ring (bicyclic) bond motifs is 1. The van der Waals surface area contributed by atoms with E-state index in [1.54, 1.807) is 10.9 Å². The molecule has 1 aliphatic rings. The molecule has 0 unspecified atom stereocenters. The Balaban J connectivity index is 1.80. The Labute approximate surface area is 129 Å². The number of allylic oxidation sites excluding steroid dienone is 1. The predicted octanol–water partition coefficient (Wildman–Crippen LogP) is 3.69. The minimum Gasteiger partial charge on any atom is -0.467 e. The van der Waals surface area contributed by atoms with Crippen molar-refractivity contribution < 1.29 is 4.42 Å². The Morgan fingerprint density at radius 2 is 2.05 bits per heavy atom. The van der Waals surface area contributed by atoms with Crippen LogP contribution in [0.1, 0.15) is 17.4 Å². The van der Waals surface area contributed by atoms with Crippen molar-refractivity contribution in [2.45, 2.75) is 6.04 Å².